The summed E-state index contributed by atoms with van der Waals surface area (Å²) >= 11 is 0. The fraction of sp³-hybridized carbons (Fsp3) is 0.562. The number of aryl methyl sites for hydroxylation is 2. The second-order valence-corrected chi connectivity index (χ2v) is 6.13. The van der Waals surface area contributed by atoms with Crippen LogP contribution in [-0.2, 0) is 11.2 Å². The first-order valence-electron chi connectivity index (χ1n) is 7.23. The Morgan fingerprint density at radius 2 is 2.26 bits per heavy atom. The molecular weight excluding hydrogens is 236 g/mol. The molecule has 3 rings (SSSR count). The minimum atomic E-state index is -0.225. The molecule has 1 aromatic carbocycles. The van der Waals surface area contributed by atoms with Crippen LogP contribution >= 0.6 is 0 Å². The van der Waals surface area contributed by atoms with Gasteiger partial charge in [-0.25, -0.2) is 0 Å². The minimum absolute atomic E-state index is 0.225. The van der Waals surface area contributed by atoms with Crippen LogP contribution in [0.2, 0.25) is 0 Å². The van der Waals surface area contributed by atoms with Gasteiger partial charge in [0.1, 0.15) is 0 Å². The van der Waals surface area contributed by atoms with Gasteiger partial charge in [-0.3, -0.25) is 4.79 Å². The average Bonchev–Trinajstić information content (AvgIpc) is 2.86. The van der Waals surface area contributed by atoms with Crippen molar-refractivity contribution in [2.45, 2.75) is 33.1 Å². The highest BCUT2D eigenvalue weighted by Gasteiger charge is 2.40. The van der Waals surface area contributed by atoms with Crippen molar-refractivity contribution < 1.29 is 4.79 Å². The second kappa shape index (κ2) is 4.64. The molecule has 1 saturated heterocycles. The fourth-order valence-corrected chi connectivity index (χ4v) is 3.38. The molecule has 1 fully saturated rings. The molecule has 1 N–H and O–H groups in total. The van der Waals surface area contributed by atoms with E-state index >= 15 is 0 Å². The maximum Gasteiger partial charge on any atom is 0.234 e. The molecule has 1 aromatic rings. The van der Waals surface area contributed by atoms with Crippen molar-refractivity contribution in [3.8, 4) is 0 Å². The maximum absolute atomic E-state index is 12.9. The van der Waals surface area contributed by atoms with E-state index in [1.807, 2.05) is 4.90 Å². The first-order valence-corrected chi connectivity index (χ1v) is 7.23. The van der Waals surface area contributed by atoms with Crippen LogP contribution in [0.5, 0.6) is 0 Å². The lowest BCUT2D eigenvalue weighted by atomic mass is 9.86. The minimum Gasteiger partial charge on any atom is -0.316 e. The number of hydrogen-bond donors (Lipinski definition) is 1. The van der Waals surface area contributed by atoms with Gasteiger partial charge in [0.15, 0.2) is 0 Å². The number of carbonyl (C=O) groups excluding carboxylic acids is 1. The Morgan fingerprint density at radius 1 is 1.42 bits per heavy atom. The number of rotatable bonds is 1. The standard InChI is InChI=1S/C16H22N2O/c1-12-5-3-6-13-7-4-10-18(14(12)13)15(19)16(2)8-9-17-11-16/h3,5-6,17H,4,7-11H2,1-2H3. The van der Waals surface area contributed by atoms with E-state index < -0.39 is 0 Å². The van der Waals surface area contributed by atoms with Gasteiger partial charge in [-0.05, 0) is 50.8 Å². The molecule has 0 spiro atoms. The average molecular weight is 258 g/mol. The summed E-state index contributed by atoms with van der Waals surface area (Å²) in [5, 5.41) is 3.32. The van der Waals surface area contributed by atoms with Gasteiger partial charge in [0.05, 0.1) is 5.41 Å². The van der Waals surface area contributed by atoms with E-state index in [0.717, 1.165) is 38.9 Å². The molecule has 3 nitrogen and oxygen atoms in total. The molecule has 1 unspecified atom stereocenters. The Kier molecular flexibility index (Phi) is 3.09. The number of hydrogen-bond acceptors (Lipinski definition) is 2. The van der Waals surface area contributed by atoms with Crippen LogP contribution in [-0.4, -0.2) is 25.5 Å². The summed E-state index contributed by atoms with van der Waals surface area (Å²) in [6, 6.07) is 6.37. The molecule has 0 radical (unpaired) electrons. The molecule has 1 amide bonds. The summed E-state index contributed by atoms with van der Waals surface area (Å²) in [5.41, 5.74) is 3.50. The third-order valence-electron chi connectivity index (χ3n) is 4.55. The van der Waals surface area contributed by atoms with Gasteiger partial charge in [0.2, 0.25) is 5.91 Å². The molecule has 1 atom stereocenters. The molecule has 2 heterocycles. The molecule has 2 aliphatic rings. The monoisotopic (exact) mass is 258 g/mol. The number of fused-ring (bicyclic) bond motifs is 1. The lowest BCUT2D eigenvalue weighted by Gasteiger charge is -2.36. The van der Waals surface area contributed by atoms with Crippen molar-refractivity contribution in [3.63, 3.8) is 0 Å². The van der Waals surface area contributed by atoms with Gasteiger partial charge in [0, 0.05) is 18.8 Å². The third-order valence-corrected chi connectivity index (χ3v) is 4.55. The smallest absolute Gasteiger partial charge is 0.234 e. The molecule has 2 aliphatic heterocycles. The summed E-state index contributed by atoms with van der Waals surface area (Å²) in [7, 11) is 0. The van der Waals surface area contributed by atoms with Gasteiger partial charge in [-0.15, -0.1) is 0 Å². The lowest BCUT2D eigenvalue weighted by molar-refractivity contribution is -0.126. The van der Waals surface area contributed by atoms with E-state index in [-0.39, 0.29) is 5.41 Å². The number of para-hydroxylation sites is 1. The highest BCUT2D eigenvalue weighted by atomic mass is 16.2. The molecule has 0 saturated carbocycles. The number of nitrogens with zero attached hydrogens (tertiary/aromatic N) is 1. The first kappa shape index (κ1) is 12.7. The Labute approximate surface area is 115 Å². The Morgan fingerprint density at radius 3 is 3.00 bits per heavy atom. The lowest BCUT2D eigenvalue weighted by Crippen LogP contribution is -2.46. The van der Waals surface area contributed by atoms with E-state index in [9.17, 15) is 4.79 Å². The fourth-order valence-electron chi connectivity index (χ4n) is 3.38. The van der Waals surface area contributed by atoms with Gasteiger partial charge in [0.25, 0.3) is 0 Å². The number of nitrogens with one attached hydrogen (secondary N) is 1. The number of anilines is 1. The van der Waals surface area contributed by atoms with E-state index in [0.29, 0.717) is 5.91 Å². The molecular formula is C16H22N2O. The topological polar surface area (TPSA) is 32.3 Å². The third kappa shape index (κ3) is 2.06. The predicted molar refractivity (Wildman–Crippen MR) is 77.4 cm³/mol. The van der Waals surface area contributed by atoms with Crippen molar-refractivity contribution in [1.82, 2.24) is 5.32 Å². The van der Waals surface area contributed by atoms with E-state index in [2.05, 4.69) is 37.4 Å². The van der Waals surface area contributed by atoms with Crippen LogP contribution in [0.1, 0.15) is 30.9 Å². The van der Waals surface area contributed by atoms with Crippen molar-refractivity contribution in [2.24, 2.45) is 5.41 Å². The number of carbonyl (C=O) groups is 1. The molecule has 0 aliphatic carbocycles. The zero-order valence-corrected chi connectivity index (χ0v) is 11.8. The highest BCUT2D eigenvalue weighted by molar-refractivity contribution is 5.99. The first-order chi connectivity index (χ1) is 9.12. The summed E-state index contributed by atoms with van der Waals surface area (Å²) in [5.74, 6) is 0.299. The Balaban J connectivity index is 1.97. The van der Waals surface area contributed by atoms with Crippen LogP contribution in [0.3, 0.4) is 0 Å². The van der Waals surface area contributed by atoms with E-state index in [4.69, 9.17) is 0 Å². The summed E-state index contributed by atoms with van der Waals surface area (Å²) in [4.78, 5) is 15.0. The zero-order chi connectivity index (χ0) is 13.5. The summed E-state index contributed by atoms with van der Waals surface area (Å²) in [6.45, 7) is 6.84. The van der Waals surface area contributed by atoms with Crippen LogP contribution < -0.4 is 10.2 Å². The molecule has 3 heteroatoms. The number of benzene rings is 1. The van der Waals surface area contributed by atoms with E-state index in [1.165, 1.54) is 16.8 Å². The van der Waals surface area contributed by atoms with Crippen molar-refractivity contribution in [2.75, 3.05) is 24.5 Å². The van der Waals surface area contributed by atoms with Crippen molar-refractivity contribution in [3.05, 3.63) is 29.3 Å². The summed E-state index contributed by atoms with van der Waals surface area (Å²) < 4.78 is 0. The summed E-state index contributed by atoms with van der Waals surface area (Å²) in [6.07, 6.45) is 3.12. The normalized spacial score (nSPS) is 26.3. The van der Waals surface area contributed by atoms with Gasteiger partial charge >= 0.3 is 0 Å². The zero-order valence-electron chi connectivity index (χ0n) is 11.8. The Bertz CT molecular complexity index is 503. The Hall–Kier alpha value is -1.35. The van der Waals surface area contributed by atoms with E-state index in [1.54, 1.807) is 0 Å². The van der Waals surface area contributed by atoms with Gasteiger partial charge in [-0.2, -0.15) is 0 Å². The van der Waals surface area contributed by atoms with Crippen LogP contribution in [0.4, 0.5) is 5.69 Å². The van der Waals surface area contributed by atoms with Gasteiger partial charge in [-0.1, -0.05) is 18.2 Å². The highest BCUT2D eigenvalue weighted by Crippen LogP contribution is 2.35. The van der Waals surface area contributed by atoms with Gasteiger partial charge < -0.3 is 10.2 Å². The quantitative estimate of drug-likeness (QED) is 0.838. The number of amides is 1. The van der Waals surface area contributed by atoms with Crippen LogP contribution in [0.25, 0.3) is 0 Å². The second-order valence-electron chi connectivity index (χ2n) is 6.13. The van der Waals surface area contributed by atoms with Crippen LogP contribution in [0, 0.1) is 12.3 Å². The van der Waals surface area contributed by atoms with Crippen LogP contribution in [0.15, 0.2) is 18.2 Å². The molecule has 0 aromatic heterocycles. The molecule has 0 bridgehead atoms. The largest absolute Gasteiger partial charge is 0.316 e. The SMILES string of the molecule is Cc1cccc2c1N(C(=O)C1(C)CCNC1)CCC2. The predicted octanol–water partition coefficient (Wildman–Crippen LogP) is 2.27. The molecule has 19 heavy (non-hydrogen) atoms. The van der Waals surface area contributed by atoms with Crippen molar-refractivity contribution >= 4 is 11.6 Å². The molecule has 102 valence electrons. The van der Waals surface area contributed by atoms with Crippen molar-refractivity contribution in [1.29, 1.82) is 0 Å². The maximum atomic E-state index is 12.9.